The molecule has 0 spiro atoms. The first-order valence-electron chi connectivity index (χ1n) is 8.73. The largest absolute Gasteiger partial charge is 0.345 e. The molecule has 4 aromatic rings. The van der Waals surface area contributed by atoms with Gasteiger partial charge >= 0.3 is 0 Å². The number of benzene rings is 1. The molecule has 0 saturated carbocycles. The Labute approximate surface area is 176 Å². The number of aromatic nitrogens is 2. The molecule has 0 aliphatic heterocycles. The number of thioether (sulfide) groups is 1. The van der Waals surface area contributed by atoms with Gasteiger partial charge in [-0.15, -0.1) is 22.7 Å². The molecular weight excluding hydrogens is 406 g/mol. The minimum absolute atomic E-state index is 0.0183. The number of hydrogen-bond donors (Lipinski definition) is 1. The standard InChI is InChI=1S/C21H19N3OS3/c1-24(2)20(25)15-7-3-6-14(12-15)13-28-21-22-18(16-8-4-10-26-16)19(23-21)17-9-5-11-27-17/h3-12H,13H2,1-2H3,(H,22,23). The second-order valence-electron chi connectivity index (χ2n) is 6.41. The zero-order valence-corrected chi connectivity index (χ0v) is 18.0. The van der Waals surface area contributed by atoms with Crippen LogP contribution in [0.1, 0.15) is 15.9 Å². The van der Waals surface area contributed by atoms with E-state index in [1.165, 1.54) is 4.88 Å². The molecule has 0 atom stereocenters. The van der Waals surface area contributed by atoms with Gasteiger partial charge in [-0.3, -0.25) is 4.79 Å². The highest BCUT2D eigenvalue weighted by molar-refractivity contribution is 7.98. The summed E-state index contributed by atoms with van der Waals surface area (Å²) in [7, 11) is 3.54. The van der Waals surface area contributed by atoms with Crippen LogP contribution >= 0.6 is 34.4 Å². The number of carbonyl (C=O) groups excluding carboxylic acids is 1. The summed E-state index contributed by atoms with van der Waals surface area (Å²) in [5.41, 5.74) is 3.87. The summed E-state index contributed by atoms with van der Waals surface area (Å²) in [6, 6.07) is 16.1. The van der Waals surface area contributed by atoms with Gasteiger partial charge in [-0.2, -0.15) is 0 Å². The first kappa shape index (κ1) is 19.0. The maximum Gasteiger partial charge on any atom is 0.253 e. The molecule has 28 heavy (non-hydrogen) atoms. The molecule has 0 unspecified atom stereocenters. The van der Waals surface area contributed by atoms with Crippen LogP contribution in [-0.4, -0.2) is 34.9 Å². The van der Waals surface area contributed by atoms with Gasteiger partial charge in [-0.05, 0) is 40.6 Å². The van der Waals surface area contributed by atoms with Crippen molar-refractivity contribution in [3.63, 3.8) is 0 Å². The summed E-state index contributed by atoms with van der Waals surface area (Å²) in [6.07, 6.45) is 0. The third kappa shape index (κ3) is 4.06. The Morgan fingerprint density at radius 2 is 1.82 bits per heavy atom. The molecule has 1 aromatic carbocycles. The van der Waals surface area contributed by atoms with Crippen LogP contribution < -0.4 is 0 Å². The number of hydrogen-bond acceptors (Lipinski definition) is 5. The van der Waals surface area contributed by atoms with Crippen LogP contribution in [0.25, 0.3) is 21.1 Å². The summed E-state index contributed by atoms with van der Waals surface area (Å²) in [6.45, 7) is 0. The van der Waals surface area contributed by atoms with Crippen LogP contribution in [0.15, 0.2) is 64.4 Å². The maximum absolute atomic E-state index is 12.2. The molecule has 4 rings (SSSR count). The topological polar surface area (TPSA) is 49.0 Å². The molecule has 0 aliphatic rings. The normalized spacial score (nSPS) is 10.9. The minimum atomic E-state index is 0.0183. The number of carbonyl (C=O) groups is 1. The number of amides is 1. The molecule has 1 N–H and O–H groups in total. The molecule has 3 heterocycles. The van der Waals surface area contributed by atoms with E-state index in [-0.39, 0.29) is 5.91 Å². The molecule has 3 aromatic heterocycles. The molecule has 0 fully saturated rings. The van der Waals surface area contributed by atoms with Gasteiger partial charge in [0.1, 0.15) is 5.69 Å². The second-order valence-corrected chi connectivity index (χ2v) is 9.27. The van der Waals surface area contributed by atoms with Crippen molar-refractivity contribution in [2.75, 3.05) is 14.1 Å². The fourth-order valence-corrected chi connectivity index (χ4v) is 5.07. The van der Waals surface area contributed by atoms with Crippen LogP contribution in [0.5, 0.6) is 0 Å². The van der Waals surface area contributed by atoms with E-state index in [9.17, 15) is 4.79 Å². The van der Waals surface area contributed by atoms with Crippen LogP contribution in [0, 0.1) is 0 Å². The second kappa shape index (κ2) is 8.34. The molecule has 4 nitrogen and oxygen atoms in total. The van der Waals surface area contributed by atoms with E-state index < -0.39 is 0 Å². The third-order valence-electron chi connectivity index (χ3n) is 4.16. The first-order valence-corrected chi connectivity index (χ1v) is 11.5. The monoisotopic (exact) mass is 425 g/mol. The zero-order valence-electron chi connectivity index (χ0n) is 15.5. The number of nitrogens with zero attached hydrogens (tertiary/aromatic N) is 2. The Kier molecular flexibility index (Phi) is 5.66. The lowest BCUT2D eigenvalue weighted by Gasteiger charge is -2.10. The van der Waals surface area contributed by atoms with Crippen molar-refractivity contribution in [2.45, 2.75) is 10.9 Å². The van der Waals surface area contributed by atoms with Gasteiger partial charge in [0.15, 0.2) is 5.16 Å². The Morgan fingerprint density at radius 3 is 2.50 bits per heavy atom. The number of thiophene rings is 2. The van der Waals surface area contributed by atoms with E-state index in [1.54, 1.807) is 53.4 Å². The minimum Gasteiger partial charge on any atom is -0.345 e. The Balaban J connectivity index is 1.57. The highest BCUT2D eigenvalue weighted by Gasteiger charge is 2.16. The van der Waals surface area contributed by atoms with Gasteiger partial charge in [0, 0.05) is 25.4 Å². The smallest absolute Gasteiger partial charge is 0.253 e. The predicted molar refractivity (Wildman–Crippen MR) is 119 cm³/mol. The maximum atomic E-state index is 12.2. The van der Waals surface area contributed by atoms with Crippen molar-refractivity contribution in [3.8, 4) is 21.1 Å². The first-order chi connectivity index (χ1) is 13.6. The van der Waals surface area contributed by atoms with Crippen LogP contribution in [-0.2, 0) is 5.75 Å². The van der Waals surface area contributed by atoms with Crippen LogP contribution in [0.4, 0.5) is 0 Å². The van der Waals surface area contributed by atoms with E-state index in [1.807, 2.05) is 30.3 Å². The van der Waals surface area contributed by atoms with Crippen molar-refractivity contribution < 1.29 is 4.79 Å². The Hall–Kier alpha value is -2.35. The van der Waals surface area contributed by atoms with Crippen molar-refractivity contribution >= 4 is 40.3 Å². The number of rotatable bonds is 6. The van der Waals surface area contributed by atoms with E-state index >= 15 is 0 Å². The molecule has 0 radical (unpaired) electrons. The van der Waals surface area contributed by atoms with Crippen molar-refractivity contribution in [1.82, 2.24) is 14.9 Å². The lowest BCUT2D eigenvalue weighted by atomic mass is 10.1. The van der Waals surface area contributed by atoms with Gasteiger partial charge in [-0.25, -0.2) is 4.98 Å². The Morgan fingerprint density at radius 1 is 1.07 bits per heavy atom. The van der Waals surface area contributed by atoms with Gasteiger partial charge in [0.05, 0.1) is 15.4 Å². The summed E-state index contributed by atoms with van der Waals surface area (Å²) in [4.78, 5) is 24.5. The fourth-order valence-electron chi connectivity index (χ4n) is 2.81. The molecular formula is C21H19N3OS3. The van der Waals surface area contributed by atoms with E-state index in [2.05, 4.69) is 33.9 Å². The predicted octanol–water partition coefficient (Wildman–Crippen LogP) is 5.86. The molecule has 142 valence electrons. The van der Waals surface area contributed by atoms with E-state index in [0.29, 0.717) is 5.56 Å². The molecule has 0 saturated heterocycles. The van der Waals surface area contributed by atoms with Crippen molar-refractivity contribution in [1.29, 1.82) is 0 Å². The van der Waals surface area contributed by atoms with Gasteiger partial charge in [-0.1, -0.05) is 36.0 Å². The number of nitrogens with one attached hydrogen (secondary N) is 1. The summed E-state index contributed by atoms with van der Waals surface area (Å²) in [5, 5.41) is 5.03. The van der Waals surface area contributed by atoms with E-state index in [4.69, 9.17) is 4.98 Å². The van der Waals surface area contributed by atoms with Crippen LogP contribution in [0.2, 0.25) is 0 Å². The molecule has 1 amide bonds. The zero-order chi connectivity index (χ0) is 19.5. The third-order valence-corrected chi connectivity index (χ3v) is 6.87. The highest BCUT2D eigenvalue weighted by Crippen LogP contribution is 2.37. The summed E-state index contributed by atoms with van der Waals surface area (Å²) in [5.74, 6) is 0.764. The Bertz CT molecular complexity index is 1010. The number of imidazole rings is 1. The quantitative estimate of drug-likeness (QED) is 0.394. The number of aromatic amines is 1. The average Bonchev–Trinajstić information content (AvgIpc) is 3.46. The van der Waals surface area contributed by atoms with Crippen LogP contribution in [0.3, 0.4) is 0 Å². The number of H-pyrrole nitrogens is 1. The van der Waals surface area contributed by atoms with Crippen molar-refractivity contribution in [2.24, 2.45) is 0 Å². The fraction of sp³-hybridized carbons (Fsp3) is 0.143. The lowest BCUT2D eigenvalue weighted by molar-refractivity contribution is 0.0827. The van der Waals surface area contributed by atoms with E-state index in [0.717, 1.165) is 32.7 Å². The van der Waals surface area contributed by atoms with Crippen molar-refractivity contribution in [3.05, 3.63) is 70.4 Å². The SMILES string of the molecule is CN(C)C(=O)c1cccc(CSc2nc(-c3cccs3)c(-c3cccs3)[nH]2)c1. The average molecular weight is 426 g/mol. The summed E-state index contributed by atoms with van der Waals surface area (Å²) >= 11 is 5.05. The van der Waals surface area contributed by atoms with Gasteiger partial charge in [0.25, 0.3) is 5.91 Å². The van der Waals surface area contributed by atoms with Gasteiger partial charge < -0.3 is 9.88 Å². The molecule has 7 heteroatoms. The molecule has 0 aliphatic carbocycles. The van der Waals surface area contributed by atoms with Gasteiger partial charge in [0.2, 0.25) is 0 Å². The highest BCUT2D eigenvalue weighted by atomic mass is 32.2. The lowest BCUT2D eigenvalue weighted by Crippen LogP contribution is -2.21. The molecule has 0 bridgehead atoms. The summed E-state index contributed by atoms with van der Waals surface area (Å²) < 4.78 is 0.